The lowest BCUT2D eigenvalue weighted by molar-refractivity contribution is -0.136. The van der Waals surface area contributed by atoms with Crippen LogP contribution in [0.5, 0.6) is 0 Å². The Morgan fingerprint density at radius 3 is 2.49 bits per heavy atom. The summed E-state index contributed by atoms with van der Waals surface area (Å²) in [5.41, 5.74) is 2.20. The summed E-state index contributed by atoms with van der Waals surface area (Å²) < 4.78 is 0. The number of unbranched alkanes of at least 4 members (excludes halogenated alkanes) is 1. The minimum atomic E-state index is -0.256. The number of hydrogen-bond donors (Lipinski definition) is 0. The molecule has 3 fully saturated rings. The molecule has 5 rings (SSSR count). The number of benzene rings is 1. The van der Waals surface area contributed by atoms with E-state index in [-0.39, 0.29) is 17.7 Å². The van der Waals surface area contributed by atoms with E-state index in [1.165, 1.54) is 55.5 Å². The van der Waals surface area contributed by atoms with Crippen LogP contribution in [0.3, 0.4) is 0 Å². The molecule has 3 heterocycles. The molecule has 188 valence electrons. The molecule has 2 amide bonds. The largest absolute Gasteiger partial charge is 0.343 e. The molecule has 2 aromatic rings. The Morgan fingerprint density at radius 1 is 1.03 bits per heavy atom. The maximum atomic E-state index is 13.3. The average molecular weight is 496 g/mol. The molecule has 2 saturated heterocycles. The zero-order valence-electron chi connectivity index (χ0n) is 20.8. The van der Waals surface area contributed by atoms with Gasteiger partial charge >= 0.3 is 0 Å². The summed E-state index contributed by atoms with van der Waals surface area (Å²) in [6.45, 7) is 5.57. The van der Waals surface area contributed by atoms with Crippen LogP contribution in [0.4, 0.5) is 10.8 Å². The van der Waals surface area contributed by atoms with Gasteiger partial charge in [0.15, 0.2) is 0 Å². The minimum absolute atomic E-state index is 0.0485. The molecular formula is C27H37N5O2S. The van der Waals surface area contributed by atoms with Crippen molar-refractivity contribution in [2.24, 2.45) is 5.92 Å². The van der Waals surface area contributed by atoms with Crippen molar-refractivity contribution < 1.29 is 9.59 Å². The van der Waals surface area contributed by atoms with Gasteiger partial charge in [-0.25, -0.2) is 0 Å². The molecule has 2 aliphatic heterocycles. The van der Waals surface area contributed by atoms with E-state index in [2.05, 4.69) is 34.2 Å². The highest BCUT2D eigenvalue weighted by atomic mass is 32.1. The van der Waals surface area contributed by atoms with Crippen LogP contribution in [0.25, 0.3) is 0 Å². The van der Waals surface area contributed by atoms with Gasteiger partial charge in [0, 0.05) is 50.7 Å². The molecule has 1 saturated carbocycles. The van der Waals surface area contributed by atoms with Crippen molar-refractivity contribution in [1.82, 2.24) is 15.1 Å². The Bertz CT molecular complexity index is 1010. The van der Waals surface area contributed by atoms with Gasteiger partial charge in [-0.3, -0.25) is 9.59 Å². The Kier molecular flexibility index (Phi) is 7.66. The van der Waals surface area contributed by atoms with Crippen LogP contribution < -0.4 is 9.80 Å². The molecule has 0 spiro atoms. The topological polar surface area (TPSA) is 69.6 Å². The van der Waals surface area contributed by atoms with E-state index in [4.69, 9.17) is 0 Å². The first-order valence-corrected chi connectivity index (χ1v) is 14.2. The maximum Gasteiger partial charge on any atom is 0.228 e. The van der Waals surface area contributed by atoms with Crippen LogP contribution in [0.1, 0.15) is 74.8 Å². The quantitative estimate of drug-likeness (QED) is 0.560. The summed E-state index contributed by atoms with van der Waals surface area (Å²) in [5, 5.41) is 11.1. The number of anilines is 2. The molecule has 1 aromatic carbocycles. The van der Waals surface area contributed by atoms with Gasteiger partial charge in [0.05, 0.1) is 5.92 Å². The highest BCUT2D eigenvalue weighted by Crippen LogP contribution is 2.36. The zero-order chi connectivity index (χ0) is 24.2. The Hall–Kier alpha value is -2.48. The predicted molar refractivity (Wildman–Crippen MR) is 140 cm³/mol. The SMILES string of the molecule is CCCCc1ccc(N2CC(C(=O)N3CCN(c4nnc(C5CCCCC5)s4)CC3)CC2=O)cc1. The van der Waals surface area contributed by atoms with Crippen LogP contribution in [-0.2, 0) is 16.0 Å². The third kappa shape index (κ3) is 5.52. The molecule has 0 bridgehead atoms. The van der Waals surface area contributed by atoms with E-state index in [0.717, 1.165) is 30.3 Å². The van der Waals surface area contributed by atoms with Crippen LogP contribution in [-0.4, -0.2) is 59.6 Å². The first kappa shape index (κ1) is 24.2. The third-order valence-electron chi connectivity index (χ3n) is 7.79. The van der Waals surface area contributed by atoms with Crippen molar-refractivity contribution in [3.05, 3.63) is 34.8 Å². The number of carbonyl (C=O) groups excluding carboxylic acids is 2. The summed E-state index contributed by atoms with van der Waals surface area (Å²) in [4.78, 5) is 32.0. The second-order valence-electron chi connectivity index (χ2n) is 10.2. The van der Waals surface area contributed by atoms with Crippen molar-refractivity contribution in [2.75, 3.05) is 42.5 Å². The van der Waals surface area contributed by atoms with Gasteiger partial charge in [-0.2, -0.15) is 0 Å². The molecule has 3 aliphatic rings. The van der Waals surface area contributed by atoms with Crippen molar-refractivity contribution in [3.8, 4) is 0 Å². The lowest BCUT2D eigenvalue weighted by Crippen LogP contribution is -2.50. The van der Waals surface area contributed by atoms with Crippen LogP contribution in [0.15, 0.2) is 24.3 Å². The smallest absolute Gasteiger partial charge is 0.228 e. The standard InChI is InChI=1S/C27H37N5O2S/c1-2-3-7-20-10-12-23(13-11-20)32-19-22(18-24(32)33)26(34)30-14-16-31(17-15-30)27-29-28-25(35-27)21-8-5-4-6-9-21/h10-13,21-22H,2-9,14-19H2,1H3. The molecule has 1 aliphatic carbocycles. The molecule has 7 nitrogen and oxygen atoms in total. The van der Waals surface area contributed by atoms with E-state index in [0.29, 0.717) is 32.0 Å². The second-order valence-corrected chi connectivity index (χ2v) is 11.2. The van der Waals surface area contributed by atoms with Gasteiger partial charge in [0.25, 0.3) is 0 Å². The van der Waals surface area contributed by atoms with Gasteiger partial charge in [-0.1, -0.05) is 56.1 Å². The van der Waals surface area contributed by atoms with Crippen LogP contribution in [0.2, 0.25) is 0 Å². The predicted octanol–water partition coefficient (Wildman–Crippen LogP) is 4.63. The fourth-order valence-electron chi connectivity index (χ4n) is 5.59. The van der Waals surface area contributed by atoms with E-state index < -0.39 is 0 Å². The zero-order valence-corrected chi connectivity index (χ0v) is 21.6. The van der Waals surface area contributed by atoms with Gasteiger partial charge in [-0.05, 0) is 43.4 Å². The molecule has 0 radical (unpaired) electrons. The lowest BCUT2D eigenvalue weighted by Gasteiger charge is -2.35. The molecular weight excluding hydrogens is 458 g/mol. The van der Waals surface area contributed by atoms with E-state index in [9.17, 15) is 9.59 Å². The van der Waals surface area contributed by atoms with Crippen LogP contribution in [0, 0.1) is 5.92 Å². The van der Waals surface area contributed by atoms with Gasteiger partial charge in [0.2, 0.25) is 16.9 Å². The van der Waals surface area contributed by atoms with Crippen LogP contribution >= 0.6 is 11.3 Å². The van der Waals surface area contributed by atoms with Gasteiger partial charge < -0.3 is 14.7 Å². The first-order valence-electron chi connectivity index (χ1n) is 13.4. The Morgan fingerprint density at radius 2 is 1.77 bits per heavy atom. The number of aromatic nitrogens is 2. The van der Waals surface area contributed by atoms with E-state index >= 15 is 0 Å². The number of rotatable bonds is 7. The fraction of sp³-hybridized carbons (Fsp3) is 0.630. The summed E-state index contributed by atoms with van der Waals surface area (Å²) in [6, 6.07) is 8.27. The number of hydrogen-bond acceptors (Lipinski definition) is 6. The average Bonchev–Trinajstić information content (AvgIpc) is 3.55. The summed E-state index contributed by atoms with van der Waals surface area (Å²) in [5.74, 6) is 0.481. The second kappa shape index (κ2) is 11.1. The molecule has 1 aromatic heterocycles. The van der Waals surface area contributed by atoms with Gasteiger partial charge in [0.1, 0.15) is 5.01 Å². The summed E-state index contributed by atoms with van der Waals surface area (Å²) in [7, 11) is 0. The number of amides is 2. The van der Waals surface area contributed by atoms with Crippen molar-refractivity contribution in [1.29, 1.82) is 0 Å². The van der Waals surface area contributed by atoms with E-state index in [1.54, 1.807) is 16.2 Å². The monoisotopic (exact) mass is 495 g/mol. The maximum absolute atomic E-state index is 13.3. The van der Waals surface area contributed by atoms with Crippen molar-refractivity contribution in [2.45, 2.75) is 70.6 Å². The molecule has 35 heavy (non-hydrogen) atoms. The molecule has 1 unspecified atom stereocenters. The first-order chi connectivity index (χ1) is 17.1. The third-order valence-corrected chi connectivity index (χ3v) is 8.93. The number of piperazine rings is 1. The number of nitrogens with zero attached hydrogens (tertiary/aromatic N) is 5. The normalized spacial score (nSPS) is 21.7. The van der Waals surface area contributed by atoms with Gasteiger partial charge in [-0.15, -0.1) is 10.2 Å². The highest BCUT2D eigenvalue weighted by molar-refractivity contribution is 7.15. The van der Waals surface area contributed by atoms with Crippen molar-refractivity contribution >= 4 is 34.0 Å². The fourth-order valence-corrected chi connectivity index (χ4v) is 6.66. The summed E-state index contributed by atoms with van der Waals surface area (Å²) >= 11 is 1.73. The van der Waals surface area contributed by atoms with E-state index in [1.807, 2.05) is 17.0 Å². The Balaban J connectivity index is 1.13. The highest BCUT2D eigenvalue weighted by Gasteiger charge is 2.38. The number of aryl methyl sites for hydroxylation is 1. The number of carbonyl (C=O) groups is 2. The summed E-state index contributed by atoms with van der Waals surface area (Å²) in [6.07, 6.45) is 10.1. The molecule has 8 heteroatoms. The minimum Gasteiger partial charge on any atom is -0.343 e. The lowest BCUT2D eigenvalue weighted by atomic mass is 9.90. The van der Waals surface area contributed by atoms with Crippen molar-refractivity contribution in [3.63, 3.8) is 0 Å². The molecule has 0 N–H and O–H groups in total. The Labute approximate surface area is 212 Å². The molecule has 1 atom stereocenters.